The second-order valence-electron chi connectivity index (χ2n) is 4.43. The quantitative estimate of drug-likeness (QED) is 0.714. The van der Waals surface area contributed by atoms with Gasteiger partial charge in [0, 0.05) is 28.2 Å². The summed E-state index contributed by atoms with van der Waals surface area (Å²) in [4.78, 5) is 12.1. The van der Waals surface area contributed by atoms with Crippen molar-refractivity contribution in [3.8, 4) is 11.1 Å². The third kappa shape index (κ3) is 2.23. The summed E-state index contributed by atoms with van der Waals surface area (Å²) in [5.41, 5.74) is 2.62. The van der Waals surface area contributed by atoms with Gasteiger partial charge in [0.15, 0.2) is 0 Å². The molecular weight excluding hydrogens is 318 g/mol. The lowest BCUT2D eigenvalue weighted by atomic mass is 10.1. The van der Waals surface area contributed by atoms with Crippen LogP contribution in [0.1, 0.15) is 0 Å². The summed E-state index contributed by atoms with van der Waals surface area (Å²) in [6.07, 6.45) is 0. The van der Waals surface area contributed by atoms with Crippen LogP contribution in [0.4, 0.5) is 5.69 Å². The van der Waals surface area contributed by atoms with Crippen molar-refractivity contribution in [2.75, 3.05) is 12.4 Å². The molecule has 3 nitrogen and oxygen atoms in total. The topological polar surface area (TPSA) is 42.2 Å². The normalized spacial score (nSPS) is 10.7. The number of para-hydroxylation sites is 1. The van der Waals surface area contributed by atoms with Crippen LogP contribution < -0.4 is 10.9 Å². The summed E-state index contributed by atoms with van der Waals surface area (Å²) in [7, 11) is 1.85. The third-order valence-electron chi connectivity index (χ3n) is 3.19. The summed E-state index contributed by atoms with van der Waals surface area (Å²) in [6, 6.07) is 15.1. The van der Waals surface area contributed by atoms with E-state index in [1.807, 2.05) is 49.5 Å². The number of anilines is 1. The summed E-state index contributed by atoms with van der Waals surface area (Å²) in [5, 5.41) is 3.97. The zero-order chi connectivity index (χ0) is 14.1. The minimum atomic E-state index is -0.332. The van der Waals surface area contributed by atoms with E-state index in [4.69, 9.17) is 4.42 Å². The summed E-state index contributed by atoms with van der Waals surface area (Å²) in [5.74, 6) is 0. The van der Waals surface area contributed by atoms with Crippen molar-refractivity contribution >= 4 is 32.6 Å². The maximum Gasteiger partial charge on any atom is 0.344 e. The lowest BCUT2D eigenvalue weighted by Gasteiger charge is -2.07. The number of rotatable bonds is 2. The molecule has 0 atom stereocenters. The third-order valence-corrected chi connectivity index (χ3v) is 3.85. The van der Waals surface area contributed by atoms with Gasteiger partial charge in [-0.1, -0.05) is 40.2 Å². The molecule has 0 bridgehead atoms. The number of halogens is 1. The summed E-state index contributed by atoms with van der Waals surface area (Å²) < 4.78 is 6.22. The highest BCUT2D eigenvalue weighted by atomic mass is 79.9. The second kappa shape index (κ2) is 5.13. The maximum atomic E-state index is 12.1. The van der Waals surface area contributed by atoms with Gasteiger partial charge >= 0.3 is 5.63 Å². The molecule has 2 aromatic carbocycles. The molecule has 0 aliphatic carbocycles. The molecule has 100 valence electrons. The molecule has 3 aromatic rings. The highest BCUT2D eigenvalue weighted by molar-refractivity contribution is 9.10. The molecule has 0 spiro atoms. The maximum absolute atomic E-state index is 12.1. The van der Waals surface area contributed by atoms with Gasteiger partial charge in [0.05, 0.1) is 5.56 Å². The van der Waals surface area contributed by atoms with E-state index in [9.17, 15) is 4.79 Å². The Balaban J connectivity index is 2.24. The first-order chi connectivity index (χ1) is 9.69. The monoisotopic (exact) mass is 329 g/mol. The number of hydrogen-bond acceptors (Lipinski definition) is 3. The van der Waals surface area contributed by atoms with E-state index in [1.54, 1.807) is 6.07 Å². The van der Waals surface area contributed by atoms with E-state index in [1.165, 1.54) is 0 Å². The van der Waals surface area contributed by atoms with Crippen LogP contribution in [0.3, 0.4) is 0 Å². The molecular formula is C16H12BrNO2. The zero-order valence-corrected chi connectivity index (χ0v) is 12.4. The molecule has 1 aromatic heterocycles. The van der Waals surface area contributed by atoms with Gasteiger partial charge in [-0.2, -0.15) is 0 Å². The molecule has 0 amide bonds. The second-order valence-corrected chi connectivity index (χ2v) is 5.28. The Bertz CT molecular complexity index is 839. The van der Waals surface area contributed by atoms with Gasteiger partial charge in [-0.05, 0) is 24.3 Å². The predicted molar refractivity (Wildman–Crippen MR) is 85.2 cm³/mol. The first kappa shape index (κ1) is 12.9. The van der Waals surface area contributed by atoms with E-state index < -0.39 is 0 Å². The van der Waals surface area contributed by atoms with Crippen molar-refractivity contribution in [1.29, 1.82) is 0 Å². The molecule has 0 aliphatic rings. The zero-order valence-electron chi connectivity index (χ0n) is 10.8. The molecule has 0 aliphatic heterocycles. The largest absolute Gasteiger partial charge is 0.422 e. The molecule has 3 rings (SSSR count). The fraction of sp³-hybridized carbons (Fsp3) is 0.0625. The molecule has 0 radical (unpaired) electrons. The van der Waals surface area contributed by atoms with Crippen molar-refractivity contribution in [1.82, 2.24) is 0 Å². The fourth-order valence-electron chi connectivity index (χ4n) is 2.14. The van der Waals surface area contributed by atoms with Crippen molar-refractivity contribution in [2.45, 2.75) is 0 Å². The minimum absolute atomic E-state index is 0.332. The van der Waals surface area contributed by atoms with Crippen LogP contribution >= 0.6 is 15.9 Å². The van der Waals surface area contributed by atoms with E-state index in [2.05, 4.69) is 21.2 Å². The summed E-state index contributed by atoms with van der Waals surface area (Å²) in [6.45, 7) is 0. The van der Waals surface area contributed by atoms with Crippen LogP contribution in [0.15, 0.2) is 62.2 Å². The first-order valence-corrected chi connectivity index (χ1v) is 6.99. The molecule has 0 unspecified atom stereocenters. The molecule has 20 heavy (non-hydrogen) atoms. The van der Waals surface area contributed by atoms with Gasteiger partial charge in [-0.3, -0.25) is 0 Å². The Morgan fingerprint density at radius 1 is 1.05 bits per heavy atom. The fourth-order valence-corrected chi connectivity index (χ4v) is 2.73. The Hall–Kier alpha value is -2.07. The number of benzene rings is 2. The smallest absolute Gasteiger partial charge is 0.344 e. The number of fused-ring (bicyclic) bond motifs is 1. The van der Waals surface area contributed by atoms with Crippen molar-refractivity contribution < 1.29 is 4.42 Å². The number of hydrogen-bond donors (Lipinski definition) is 1. The van der Waals surface area contributed by atoms with Crippen LogP contribution in [-0.4, -0.2) is 7.05 Å². The van der Waals surface area contributed by atoms with Gasteiger partial charge in [0.2, 0.25) is 0 Å². The van der Waals surface area contributed by atoms with Gasteiger partial charge in [0.25, 0.3) is 0 Å². The van der Waals surface area contributed by atoms with E-state index in [0.717, 1.165) is 21.1 Å². The lowest BCUT2D eigenvalue weighted by Crippen LogP contribution is -2.03. The van der Waals surface area contributed by atoms with E-state index in [-0.39, 0.29) is 5.63 Å². The number of nitrogens with one attached hydrogen (secondary N) is 1. The average Bonchev–Trinajstić information content (AvgIpc) is 2.46. The molecule has 0 saturated carbocycles. The Kier molecular flexibility index (Phi) is 3.32. The van der Waals surface area contributed by atoms with Crippen molar-refractivity contribution in [3.05, 3.63) is 63.4 Å². The van der Waals surface area contributed by atoms with Gasteiger partial charge in [0.1, 0.15) is 5.58 Å². The molecule has 0 fully saturated rings. The highest BCUT2D eigenvalue weighted by Crippen LogP contribution is 2.30. The van der Waals surface area contributed by atoms with Crippen molar-refractivity contribution in [3.63, 3.8) is 0 Å². The minimum Gasteiger partial charge on any atom is -0.422 e. The average molecular weight is 330 g/mol. The van der Waals surface area contributed by atoms with Crippen molar-refractivity contribution in [2.24, 2.45) is 0 Å². The molecule has 4 heteroatoms. The van der Waals surface area contributed by atoms with Crippen LogP contribution in [0.25, 0.3) is 22.1 Å². The predicted octanol–water partition coefficient (Wildman–Crippen LogP) is 4.26. The highest BCUT2D eigenvalue weighted by Gasteiger charge is 2.11. The van der Waals surface area contributed by atoms with Gasteiger partial charge in [-0.15, -0.1) is 0 Å². The standard InChI is InChI=1S/C16H12BrNO2/c1-18-11-6-7-12(14(17)9-11)13-8-10-4-2-3-5-15(10)20-16(13)19/h2-9,18H,1H3. The van der Waals surface area contributed by atoms with Crippen LogP contribution in [0.2, 0.25) is 0 Å². The Morgan fingerprint density at radius 3 is 2.60 bits per heavy atom. The molecule has 1 N–H and O–H groups in total. The molecule has 1 heterocycles. The Morgan fingerprint density at radius 2 is 1.85 bits per heavy atom. The SMILES string of the molecule is CNc1ccc(-c2cc3ccccc3oc2=O)c(Br)c1. The Labute approximate surface area is 124 Å². The van der Waals surface area contributed by atoms with Gasteiger partial charge < -0.3 is 9.73 Å². The lowest BCUT2D eigenvalue weighted by molar-refractivity contribution is 0.563. The van der Waals surface area contributed by atoms with Crippen LogP contribution in [0.5, 0.6) is 0 Å². The van der Waals surface area contributed by atoms with Crippen LogP contribution in [-0.2, 0) is 0 Å². The first-order valence-electron chi connectivity index (χ1n) is 6.19. The van der Waals surface area contributed by atoms with E-state index >= 15 is 0 Å². The van der Waals surface area contributed by atoms with Gasteiger partial charge in [-0.25, -0.2) is 4.79 Å². The molecule has 0 saturated heterocycles. The van der Waals surface area contributed by atoms with Crippen LogP contribution in [0, 0.1) is 0 Å². The summed E-state index contributed by atoms with van der Waals surface area (Å²) >= 11 is 3.50. The van der Waals surface area contributed by atoms with E-state index in [0.29, 0.717) is 11.1 Å².